The Hall–Kier alpha value is -3.08. The number of carbonyl (C=O) groups is 1. The molecule has 0 saturated carbocycles. The molecule has 2 aromatic carbocycles. The number of nitrogens with zero attached hydrogens (tertiary/aromatic N) is 1. The minimum absolute atomic E-state index is 0. The van der Waals surface area contributed by atoms with Gasteiger partial charge >= 0.3 is 0 Å². The average Bonchev–Trinajstić information content (AvgIpc) is 2.58. The molecular formula is C20H18F2N2O. The summed E-state index contributed by atoms with van der Waals surface area (Å²) in [6, 6.07) is 11.8. The van der Waals surface area contributed by atoms with Crippen LogP contribution in [0.2, 0.25) is 0 Å². The highest BCUT2D eigenvalue weighted by Gasteiger charge is 2.10. The van der Waals surface area contributed by atoms with Gasteiger partial charge in [-0.1, -0.05) is 19.6 Å². The predicted molar refractivity (Wildman–Crippen MR) is 95.5 cm³/mol. The Kier molecular flexibility index (Phi) is 5.60. The molecule has 0 atom stereocenters. The number of benzene rings is 2. The lowest BCUT2D eigenvalue weighted by molar-refractivity contribution is 0.102. The largest absolute Gasteiger partial charge is 0.322 e. The molecule has 0 radical (unpaired) electrons. The normalized spacial score (nSPS) is 10.0. The van der Waals surface area contributed by atoms with E-state index in [-0.39, 0.29) is 25.0 Å². The molecule has 1 amide bonds. The maximum atomic E-state index is 13.1. The summed E-state index contributed by atoms with van der Waals surface area (Å²) in [6.45, 7) is 1.71. The minimum Gasteiger partial charge on any atom is -0.322 e. The highest BCUT2D eigenvalue weighted by atomic mass is 19.1. The number of hydrogen-bond acceptors (Lipinski definition) is 2. The third kappa shape index (κ3) is 4.26. The van der Waals surface area contributed by atoms with Gasteiger partial charge in [-0.25, -0.2) is 8.78 Å². The summed E-state index contributed by atoms with van der Waals surface area (Å²) in [6.07, 6.45) is 3.05. The molecule has 1 aromatic heterocycles. The molecule has 0 aliphatic heterocycles. The molecule has 3 rings (SSSR count). The number of nitrogens with one attached hydrogen (secondary N) is 1. The van der Waals surface area contributed by atoms with Crippen LogP contribution in [0.5, 0.6) is 0 Å². The summed E-state index contributed by atoms with van der Waals surface area (Å²) in [5.41, 5.74) is 3.00. The third-order valence-electron chi connectivity index (χ3n) is 3.61. The first-order valence-electron chi connectivity index (χ1n) is 7.31. The number of aromatic nitrogens is 1. The van der Waals surface area contributed by atoms with E-state index in [4.69, 9.17) is 0 Å². The summed E-state index contributed by atoms with van der Waals surface area (Å²) >= 11 is 0. The topological polar surface area (TPSA) is 42.0 Å². The van der Waals surface area contributed by atoms with Crippen molar-refractivity contribution in [3.63, 3.8) is 0 Å². The van der Waals surface area contributed by atoms with Crippen molar-refractivity contribution in [2.75, 3.05) is 5.32 Å². The lowest BCUT2D eigenvalue weighted by atomic mass is 10.1. The quantitative estimate of drug-likeness (QED) is 0.710. The highest BCUT2D eigenvalue weighted by molar-refractivity contribution is 6.05. The first kappa shape index (κ1) is 18.3. The van der Waals surface area contributed by atoms with Crippen molar-refractivity contribution in [2.24, 2.45) is 0 Å². The van der Waals surface area contributed by atoms with Gasteiger partial charge in [-0.05, 0) is 54.4 Å². The molecule has 1 N–H and O–H groups in total. The zero-order valence-corrected chi connectivity index (χ0v) is 12.9. The summed E-state index contributed by atoms with van der Waals surface area (Å²) in [4.78, 5) is 16.5. The monoisotopic (exact) mass is 340 g/mol. The van der Waals surface area contributed by atoms with E-state index in [1.54, 1.807) is 31.3 Å². The molecule has 0 fully saturated rings. The minimum atomic E-state index is -0.356. The van der Waals surface area contributed by atoms with Crippen LogP contribution >= 0.6 is 0 Å². The van der Waals surface area contributed by atoms with Gasteiger partial charge in [0.15, 0.2) is 0 Å². The Morgan fingerprint density at radius 3 is 2.28 bits per heavy atom. The van der Waals surface area contributed by atoms with E-state index in [1.165, 1.54) is 36.5 Å². The van der Waals surface area contributed by atoms with Crippen LogP contribution in [0.1, 0.15) is 23.3 Å². The zero-order chi connectivity index (χ0) is 17.1. The van der Waals surface area contributed by atoms with Crippen LogP contribution in [0, 0.1) is 18.6 Å². The number of aryl methyl sites for hydroxylation is 1. The standard InChI is InChI=1S/C19H14F2N2O.CH4/c1-12-8-17(21)6-7-18(12)23-19(24)15-9-14(10-22-11-15)13-2-4-16(20)5-3-13;/h2-11H,1H3,(H,23,24);1H4. The van der Waals surface area contributed by atoms with E-state index in [9.17, 15) is 13.6 Å². The number of halogens is 2. The number of anilines is 1. The summed E-state index contributed by atoms with van der Waals surface area (Å²) < 4.78 is 26.1. The lowest BCUT2D eigenvalue weighted by Gasteiger charge is -2.09. The second-order valence-electron chi connectivity index (χ2n) is 5.38. The predicted octanol–water partition coefficient (Wildman–Crippen LogP) is 5.22. The van der Waals surface area contributed by atoms with Gasteiger partial charge in [-0.3, -0.25) is 9.78 Å². The summed E-state index contributed by atoms with van der Waals surface area (Å²) in [5, 5.41) is 2.74. The SMILES string of the molecule is C.Cc1cc(F)ccc1NC(=O)c1cncc(-c2ccc(F)cc2)c1. The fourth-order valence-corrected chi connectivity index (χ4v) is 2.33. The molecule has 0 unspecified atom stereocenters. The van der Waals surface area contributed by atoms with Crippen molar-refractivity contribution in [1.29, 1.82) is 0 Å². The van der Waals surface area contributed by atoms with E-state index >= 15 is 0 Å². The Bertz CT molecular complexity index is 892. The maximum Gasteiger partial charge on any atom is 0.257 e. The van der Waals surface area contributed by atoms with Crippen LogP contribution in [0.25, 0.3) is 11.1 Å². The van der Waals surface area contributed by atoms with Crippen molar-refractivity contribution in [3.8, 4) is 11.1 Å². The second-order valence-corrected chi connectivity index (χ2v) is 5.38. The van der Waals surface area contributed by atoms with Gasteiger partial charge in [-0.2, -0.15) is 0 Å². The van der Waals surface area contributed by atoms with Gasteiger partial charge in [-0.15, -0.1) is 0 Å². The van der Waals surface area contributed by atoms with Gasteiger partial charge in [0, 0.05) is 23.6 Å². The first-order chi connectivity index (χ1) is 11.5. The molecule has 1 heterocycles. The number of rotatable bonds is 3. The molecular weight excluding hydrogens is 322 g/mol. The molecule has 3 aromatic rings. The van der Waals surface area contributed by atoms with Gasteiger partial charge < -0.3 is 5.32 Å². The molecule has 3 nitrogen and oxygen atoms in total. The van der Waals surface area contributed by atoms with E-state index in [1.807, 2.05) is 0 Å². The van der Waals surface area contributed by atoms with Gasteiger partial charge in [0.1, 0.15) is 11.6 Å². The van der Waals surface area contributed by atoms with Crippen LogP contribution in [0.3, 0.4) is 0 Å². The maximum absolute atomic E-state index is 13.1. The Balaban J connectivity index is 0.00000225. The molecule has 0 aliphatic carbocycles. The molecule has 5 heteroatoms. The van der Waals surface area contributed by atoms with Crippen LogP contribution in [-0.2, 0) is 0 Å². The van der Waals surface area contributed by atoms with Gasteiger partial charge in [0.2, 0.25) is 0 Å². The van der Waals surface area contributed by atoms with Gasteiger partial charge in [0.25, 0.3) is 5.91 Å². The number of amides is 1. The first-order valence-corrected chi connectivity index (χ1v) is 7.31. The molecule has 0 saturated heterocycles. The van der Waals surface area contributed by atoms with Gasteiger partial charge in [0.05, 0.1) is 5.56 Å². The zero-order valence-electron chi connectivity index (χ0n) is 12.9. The third-order valence-corrected chi connectivity index (χ3v) is 3.61. The molecule has 0 bridgehead atoms. The highest BCUT2D eigenvalue weighted by Crippen LogP contribution is 2.21. The Morgan fingerprint density at radius 2 is 1.60 bits per heavy atom. The molecule has 0 spiro atoms. The van der Waals surface area contributed by atoms with Crippen molar-refractivity contribution in [1.82, 2.24) is 4.98 Å². The van der Waals surface area contributed by atoms with Crippen molar-refractivity contribution in [3.05, 3.63) is 83.7 Å². The van der Waals surface area contributed by atoms with Crippen LogP contribution < -0.4 is 5.32 Å². The smallest absolute Gasteiger partial charge is 0.257 e. The number of pyridine rings is 1. The van der Waals surface area contributed by atoms with Crippen molar-refractivity contribution >= 4 is 11.6 Å². The lowest BCUT2D eigenvalue weighted by Crippen LogP contribution is -2.13. The summed E-state index contributed by atoms with van der Waals surface area (Å²) in [7, 11) is 0. The Labute approximate surface area is 145 Å². The van der Waals surface area contributed by atoms with E-state index in [2.05, 4.69) is 10.3 Å². The van der Waals surface area contributed by atoms with Crippen LogP contribution in [-0.4, -0.2) is 10.9 Å². The Morgan fingerprint density at radius 1 is 0.920 bits per heavy atom. The fourth-order valence-electron chi connectivity index (χ4n) is 2.33. The van der Waals surface area contributed by atoms with Crippen molar-refractivity contribution in [2.45, 2.75) is 14.4 Å². The average molecular weight is 340 g/mol. The van der Waals surface area contributed by atoms with E-state index < -0.39 is 0 Å². The van der Waals surface area contributed by atoms with E-state index in [0.29, 0.717) is 22.4 Å². The second kappa shape index (κ2) is 7.66. The molecule has 128 valence electrons. The fraction of sp³-hybridized carbons (Fsp3) is 0.100. The van der Waals surface area contributed by atoms with E-state index in [0.717, 1.165) is 5.56 Å². The molecule has 0 aliphatic rings. The summed E-state index contributed by atoms with van der Waals surface area (Å²) in [5.74, 6) is -1.03. The number of carbonyl (C=O) groups excluding carboxylic acids is 1. The number of hydrogen-bond donors (Lipinski definition) is 1. The van der Waals surface area contributed by atoms with Crippen LogP contribution in [0.15, 0.2) is 60.9 Å². The molecule has 25 heavy (non-hydrogen) atoms. The van der Waals surface area contributed by atoms with Crippen molar-refractivity contribution < 1.29 is 13.6 Å². The van der Waals surface area contributed by atoms with Crippen LogP contribution in [0.4, 0.5) is 14.5 Å².